The van der Waals surface area contributed by atoms with Crippen LogP contribution in [0.3, 0.4) is 0 Å². The Balaban J connectivity index is 0.000000771. The number of hydrogen-bond acceptors (Lipinski definition) is 2. The molecule has 0 saturated heterocycles. The Hall–Kier alpha value is -1.57. The summed E-state index contributed by atoms with van der Waals surface area (Å²) in [6, 6.07) is 8.47. The van der Waals surface area contributed by atoms with Crippen molar-refractivity contribution in [2.75, 3.05) is 5.73 Å². The molecule has 2 aromatic rings. The number of aryl methyl sites for hydroxylation is 1. The zero-order valence-electron chi connectivity index (χ0n) is 11.9. The molecule has 0 aliphatic heterocycles. The van der Waals surface area contributed by atoms with E-state index in [-0.39, 0.29) is 0 Å². The van der Waals surface area contributed by atoms with Gasteiger partial charge in [0.15, 0.2) is 0 Å². The summed E-state index contributed by atoms with van der Waals surface area (Å²) in [5.74, 6) is 1.37. The van der Waals surface area contributed by atoms with Gasteiger partial charge in [-0.05, 0) is 35.8 Å². The van der Waals surface area contributed by atoms with Gasteiger partial charge in [-0.2, -0.15) is 0 Å². The number of nitrogen functional groups attached to an aromatic ring is 1. The number of nitrogens with two attached hydrogens (primary N) is 1. The van der Waals surface area contributed by atoms with E-state index in [0.717, 1.165) is 17.7 Å². The first-order chi connectivity index (χ1) is 8.66. The zero-order chi connectivity index (χ0) is 13.5. The molecule has 98 valence electrons. The lowest BCUT2D eigenvalue weighted by Crippen LogP contribution is -1.94. The van der Waals surface area contributed by atoms with Gasteiger partial charge < -0.3 is 5.73 Å². The lowest BCUT2D eigenvalue weighted by molar-refractivity contribution is 0.587. The van der Waals surface area contributed by atoms with Gasteiger partial charge in [-0.1, -0.05) is 45.9 Å². The Morgan fingerprint density at radius 1 is 1.17 bits per heavy atom. The molecule has 0 spiro atoms. The van der Waals surface area contributed by atoms with Crippen LogP contribution in [-0.4, -0.2) is 4.98 Å². The first-order valence-corrected chi connectivity index (χ1v) is 6.80. The molecule has 0 saturated carbocycles. The van der Waals surface area contributed by atoms with Crippen LogP contribution >= 0.6 is 0 Å². The summed E-state index contributed by atoms with van der Waals surface area (Å²) in [5, 5.41) is 2.24. The van der Waals surface area contributed by atoms with Crippen LogP contribution in [0.1, 0.15) is 39.7 Å². The fraction of sp³-hybridized carbons (Fsp3) is 0.438. The molecule has 1 aromatic carbocycles. The highest BCUT2D eigenvalue weighted by Crippen LogP contribution is 2.21. The first kappa shape index (κ1) is 14.5. The molecule has 0 unspecified atom stereocenters. The van der Waals surface area contributed by atoms with Crippen LogP contribution in [-0.2, 0) is 6.42 Å². The average molecular weight is 244 g/mol. The second-order valence-corrected chi connectivity index (χ2v) is 4.68. The van der Waals surface area contributed by atoms with E-state index in [1.165, 1.54) is 17.4 Å². The molecule has 0 fully saturated rings. The maximum atomic E-state index is 5.82. The smallest absolute Gasteiger partial charge is 0.131 e. The molecule has 2 heteroatoms. The molecule has 0 amide bonds. The minimum absolute atomic E-state index is 0.618. The van der Waals surface area contributed by atoms with Crippen molar-refractivity contribution in [1.82, 2.24) is 4.98 Å². The van der Waals surface area contributed by atoms with Gasteiger partial charge in [0.2, 0.25) is 0 Å². The molecule has 2 nitrogen and oxygen atoms in total. The van der Waals surface area contributed by atoms with Crippen molar-refractivity contribution in [1.29, 1.82) is 0 Å². The quantitative estimate of drug-likeness (QED) is 0.867. The molecule has 0 aliphatic carbocycles. The molecular weight excluding hydrogens is 220 g/mol. The molecule has 2 rings (SSSR count). The van der Waals surface area contributed by atoms with Gasteiger partial charge in [-0.15, -0.1) is 0 Å². The summed E-state index contributed by atoms with van der Waals surface area (Å²) in [6.45, 7) is 8.51. The Morgan fingerprint density at radius 3 is 2.56 bits per heavy atom. The van der Waals surface area contributed by atoms with E-state index in [1.54, 1.807) is 6.20 Å². The SMILES string of the molecule is CC.CC(C)CCc1ccc2c(N)nccc2c1. The van der Waals surface area contributed by atoms with E-state index in [2.05, 4.69) is 37.0 Å². The Bertz CT molecular complexity index is 489. The van der Waals surface area contributed by atoms with Gasteiger partial charge in [0.25, 0.3) is 0 Å². The van der Waals surface area contributed by atoms with E-state index in [4.69, 9.17) is 5.73 Å². The highest BCUT2D eigenvalue weighted by molar-refractivity contribution is 5.91. The minimum atomic E-state index is 0.618. The van der Waals surface area contributed by atoms with Crippen LogP contribution in [0.15, 0.2) is 30.5 Å². The molecule has 0 atom stereocenters. The maximum absolute atomic E-state index is 5.82. The summed E-state index contributed by atoms with van der Waals surface area (Å²) in [5.41, 5.74) is 7.20. The fourth-order valence-electron chi connectivity index (χ4n) is 1.86. The average Bonchev–Trinajstić information content (AvgIpc) is 2.39. The van der Waals surface area contributed by atoms with Gasteiger partial charge >= 0.3 is 0 Å². The Kier molecular flexibility index (Phi) is 5.63. The van der Waals surface area contributed by atoms with E-state index in [1.807, 2.05) is 19.9 Å². The number of rotatable bonds is 3. The molecule has 18 heavy (non-hydrogen) atoms. The van der Waals surface area contributed by atoms with Crippen molar-refractivity contribution in [3.05, 3.63) is 36.0 Å². The number of aromatic nitrogens is 1. The van der Waals surface area contributed by atoms with E-state index >= 15 is 0 Å². The van der Waals surface area contributed by atoms with E-state index < -0.39 is 0 Å². The molecule has 0 aliphatic rings. The van der Waals surface area contributed by atoms with Crippen LogP contribution < -0.4 is 5.73 Å². The highest BCUT2D eigenvalue weighted by atomic mass is 14.8. The number of nitrogens with zero attached hydrogens (tertiary/aromatic N) is 1. The lowest BCUT2D eigenvalue weighted by atomic mass is 10.0. The Labute approximate surface area is 110 Å². The highest BCUT2D eigenvalue weighted by Gasteiger charge is 2.01. The number of hydrogen-bond donors (Lipinski definition) is 1. The third-order valence-electron chi connectivity index (χ3n) is 2.87. The summed E-state index contributed by atoms with van der Waals surface area (Å²) in [7, 11) is 0. The molecular formula is C16H24N2. The largest absolute Gasteiger partial charge is 0.383 e. The predicted molar refractivity (Wildman–Crippen MR) is 80.7 cm³/mol. The third kappa shape index (κ3) is 3.73. The van der Waals surface area contributed by atoms with Crippen LogP contribution in [0, 0.1) is 5.92 Å². The lowest BCUT2D eigenvalue weighted by Gasteiger charge is -2.07. The van der Waals surface area contributed by atoms with E-state index in [0.29, 0.717) is 5.82 Å². The standard InChI is InChI=1S/C14H18N2.C2H6/c1-10(2)3-4-11-5-6-13-12(9-11)7-8-16-14(13)15;1-2/h5-10H,3-4H2,1-2H3,(H2,15,16);1-2H3. The normalized spacial score (nSPS) is 10.3. The second kappa shape index (κ2) is 7.00. The van der Waals surface area contributed by atoms with Gasteiger partial charge in [-0.25, -0.2) is 4.98 Å². The number of anilines is 1. The monoisotopic (exact) mass is 244 g/mol. The van der Waals surface area contributed by atoms with Crippen molar-refractivity contribution >= 4 is 16.6 Å². The van der Waals surface area contributed by atoms with Crippen molar-refractivity contribution in [3.8, 4) is 0 Å². The summed E-state index contributed by atoms with van der Waals surface area (Å²) in [4.78, 5) is 4.09. The zero-order valence-corrected chi connectivity index (χ0v) is 11.9. The van der Waals surface area contributed by atoms with Crippen LogP contribution in [0.2, 0.25) is 0 Å². The number of fused-ring (bicyclic) bond motifs is 1. The van der Waals surface area contributed by atoms with E-state index in [9.17, 15) is 0 Å². The molecule has 1 aromatic heterocycles. The van der Waals surface area contributed by atoms with Crippen molar-refractivity contribution in [3.63, 3.8) is 0 Å². The predicted octanol–water partition coefficient (Wildman–Crippen LogP) is 4.43. The molecule has 1 heterocycles. The molecule has 0 bridgehead atoms. The Morgan fingerprint density at radius 2 is 1.89 bits per heavy atom. The van der Waals surface area contributed by atoms with Crippen molar-refractivity contribution in [2.24, 2.45) is 5.92 Å². The summed E-state index contributed by atoms with van der Waals surface area (Å²) < 4.78 is 0. The van der Waals surface area contributed by atoms with Gasteiger partial charge in [0.05, 0.1) is 0 Å². The van der Waals surface area contributed by atoms with Crippen LogP contribution in [0.4, 0.5) is 5.82 Å². The van der Waals surface area contributed by atoms with Gasteiger partial charge in [-0.3, -0.25) is 0 Å². The third-order valence-corrected chi connectivity index (χ3v) is 2.87. The van der Waals surface area contributed by atoms with Crippen LogP contribution in [0.25, 0.3) is 10.8 Å². The second-order valence-electron chi connectivity index (χ2n) is 4.68. The topological polar surface area (TPSA) is 38.9 Å². The first-order valence-electron chi connectivity index (χ1n) is 6.80. The molecule has 0 radical (unpaired) electrons. The number of benzene rings is 1. The van der Waals surface area contributed by atoms with Crippen molar-refractivity contribution < 1.29 is 0 Å². The maximum Gasteiger partial charge on any atom is 0.131 e. The van der Waals surface area contributed by atoms with Crippen molar-refractivity contribution in [2.45, 2.75) is 40.5 Å². The van der Waals surface area contributed by atoms with Gasteiger partial charge in [0, 0.05) is 11.6 Å². The van der Waals surface area contributed by atoms with Crippen LogP contribution in [0.5, 0.6) is 0 Å². The minimum Gasteiger partial charge on any atom is -0.383 e. The summed E-state index contributed by atoms with van der Waals surface area (Å²) >= 11 is 0. The summed E-state index contributed by atoms with van der Waals surface area (Å²) in [6.07, 6.45) is 4.13. The fourth-order valence-corrected chi connectivity index (χ4v) is 1.86. The van der Waals surface area contributed by atoms with Gasteiger partial charge in [0.1, 0.15) is 5.82 Å². The molecule has 2 N–H and O–H groups in total. The number of pyridine rings is 1.